The number of aromatic amines is 1. The van der Waals surface area contributed by atoms with E-state index in [-0.39, 0.29) is 16.9 Å². The molecule has 2 N–H and O–H groups in total. The van der Waals surface area contributed by atoms with Crippen molar-refractivity contribution in [1.82, 2.24) is 4.98 Å². The van der Waals surface area contributed by atoms with E-state index < -0.39 is 0 Å². The molecule has 27 heavy (non-hydrogen) atoms. The Morgan fingerprint density at radius 2 is 1.78 bits per heavy atom. The predicted molar refractivity (Wildman–Crippen MR) is 108 cm³/mol. The van der Waals surface area contributed by atoms with Gasteiger partial charge >= 0.3 is 0 Å². The Kier molecular flexibility index (Phi) is 4.33. The second-order valence-electron chi connectivity index (χ2n) is 5.96. The van der Waals surface area contributed by atoms with Crippen molar-refractivity contribution in [2.45, 2.75) is 0 Å². The molecular weight excluding hydrogens is 362 g/mol. The van der Waals surface area contributed by atoms with E-state index in [1.54, 1.807) is 32.4 Å². The fourth-order valence-electron chi connectivity index (χ4n) is 3.18. The van der Waals surface area contributed by atoms with Crippen LogP contribution in [-0.4, -0.2) is 24.3 Å². The van der Waals surface area contributed by atoms with E-state index in [2.05, 4.69) is 4.98 Å². The summed E-state index contributed by atoms with van der Waals surface area (Å²) in [5.41, 5.74) is 2.21. The smallest absolute Gasteiger partial charge is 0.260 e. The zero-order valence-electron chi connectivity index (χ0n) is 14.8. The number of benzene rings is 2. The Labute approximate surface area is 159 Å². The van der Waals surface area contributed by atoms with Crippen LogP contribution in [0, 0.1) is 0 Å². The Morgan fingerprint density at radius 3 is 2.48 bits per heavy atom. The normalized spacial score (nSPS) is 10.9. The fourth-order valence-corrected chi connectivity index (χ4v) is 4.13. The maximum Gasteiger partial charge on any atom is 0.260 e. The molecule has 2 aromatic carbocycles. The van der Waals surface area contributed by atoms with E-state index in [1.807, 2.05) is 35.7 Å². The molecule has 0 atom stereocenters. The van der Waals surface area contributed by atoms with Crippen molar-refractivity contribution >= 4 is 21.6 Å². The molecular formula is C21H17NO4S. The number of ether oxygens (including phenoxy) is 2. The maximum absolute atomic E-state index is 12.6. The third-order valence-corrected chi connectivity index (χ3v) is 5.38. The van der Waals surface area contributed by atoms with Gasteiger partial charge in [0.05, 0.1) is 25.2 Å². The molecule has 6 heteroatoms. The summed E-state index contributed by atoms with van der Waals surface area (Å²) in [6, 6.07) is 14.6. The van der Waals surface area contributed by atoms with Gasteiger partial charge in [-0.05, 0) is 17.7 Å². The Balaban J connectivity index is 2.01. The molecule has 4 rings (SSSR count). The summed E-state index contributed by atoms with van der Waals surface area (Å²) in [6.45, 7) is 0. The average molecular weight is 379 g/mol. The predicted octanol–water partition coefficient (Wildman–Crippen LogP) is 4.65. The summed E-state index contributed by atoms with van der Waals surface area (Å²) in [7, 11) is 3.18. The third-order valence-electron chi connectivity index (χ3n) is 4.48. The monoisotopic (exact) mass is 379 g/mol. The first-order valence-corrected chi connectivity index (χ1v) is 9.16. The summed E-state index contributed by atoms with van der Waals surface area (Å²) in [4.78, 5) is 16.1. The summed E-state index contributed by atoms with van der Waals surface area (Å²) in [5, 5.41) is 13.5. The van der Waals surface area contributed by atoms with Gasteiger partial charge in [-0.25, -0.2) is 0 Å². The van der Waals surface area contributed by atoms with Crippen LogP contribution in [0.5, 0.6) is 17.2 Å². The van der Waals surface area contributed by atoms with Crippen LogP contribution >= 0.6 is 11.3 Å². The minimum atomic E-state index is -0.318. The summed E-state index contributed by atoms with van der Waals surface area (Å²) >= 11 is 1.37. The van der Waals surface area contributed by atoms with Crippen LogP contribution in [0.25, 0.3) is 32.5 Å². The van der Waals surface area contributed by atoms with Gasteiger partial charge in [0.25, 0.3) is 5.56 Å². The molecule has 0 aliphatic heterocycles. The Bertz CT molecular complexity index is 1180. The van der Waals surface area contributed by atoms with Gasteiger partial charge < -0.3 is 19.6 Å². The number of hydrogen-bond acceptors (Lipinski definition) is 5. The Morgan fingerprint density at radius 1 is 1.00 bits per heavy atom. The number of thiophene rings is 1. The van der Waals surface area contributed by atoms with E-state index in [0.29, 0.717) is 27.3 Å². The van der Waals surface area contributed by atoms with Gasteiger partial charge in [-0.2, -0.15) is 0 Å². The molecule has 0 saturated heterocycles. The van der Waals surface area contributed by atoms with E-state index in [9.17, 15) is 9.90 Å². The second kappa shape index (κ2) is 6.81. The van der Waals surface area contributed by atoms with Crippen LogP contribution in [0.4, 0.5) is 0 Å². The highest BCUT2D eigenvalue weighted by atomic mass is 32.1. The van der Waals surface area contributed by atoms with Gasteiger partial charge in [-0.3, -0.25) is 4.79 Å². The quantitative estimate of drug-likeness (QED) is 0.542. The van der Waals surface area contributed by atoms with Crippen LogP contribution in [0.2, 0.25) is 0 Å². The SMILES string of the molecule is COc1ccc(-c2csc3[nH]c(=O)c(-c4ccccc4)c(O)c23)c(OC)c1. The van der Waals surface area contributed by atoms with Gasteiger partial charge in [-0.15, -0.1) is 11.3 Å². The number of nitrogens with one attached hydrogen (secondary N) is 1. The van der Waals surface area contributed by atoms with E-state index in [1.165, 1.54) is 11.3 Å². The number of aromatic nitrogens is 1. The summed E-state index contributed by atoms with van der Waals surface area (Å²) in [5.74, 6) is 1.27. The number of hydrogen-bond donors (Lipinski definition) is 2. The van der Waals surface area contributed by atoms with Crippen LogP contribution in [0.15, 0.2) is 58.7 Å². The molecule has 0 fully saturated rings. The molecule has 0 amide bonds. The molecule has 2 aromatic heterocycles. The summed E-state index contributed by atoms with van der Waals surface area (Å²) in [6.07, 6.45) is 0. The molecule has 5 nitrogen and oxygen atoms in total. The molecule has 0 radical (unpaired) electrons. The van der Waals surface area contributed by atoms with Crippen molar-refractivity contribution in [3.05, 3.63) is 64.3 Å². The van der Waals surface area contributed by atoms with Crippen molar-refractivity contribution in [1.29, 1.82) is 0 Å². The minimum Gasteiger partial charge on any atom is -0.506 e. The standard InChI is InChI=1S/C21H17NO4S/c1-25-13-8-9-14(16(10-13)26-2)15-11-27-21-18(15)19(23)17(20(24)22-21)12-6-4-3-5-7-12/h3-11H,1-2H3,(H2,22,23,24). The number of pyridine rings is 1. The van der Waals surface area contributed by atoms with Gasteiger partial charge in [-0.1, -0.05) is 30.3 Å². The van der Waals surface area contributed by atoms with Crippen molar-refractivity contribution in [2.24, 2.45) is 0 Å². The molecule has 0 unspecified atom stereocenters. The van der Waals surface area contributed by atoms with Crippen LogP contribution < -0.4 is 15.0 Å². The van der Waals surface area contributed by atoms with Crippen molar-refractivity contribution in [2.75, 3.05) is 14.2 Å². The van der Waals surface area contributed by atoms with Crippen LogP contribution in [-0.2, 0) is 0 Å². The zero-order valence-corrected chi connectivity index (χ0v) is 15.6. The van der Waals surface area contributed by atoms with E-state index in [0.717, 1.165) is 11.1 Å². The van der Waals surface area contributed by atoms with Gasteiger partial charge in [0.1, 0.15) is 22.1 Å². The minimum absolute atomic E-state index is 0.0333. The maximum atomic E-state index is 12.6. The first kappa shape index (κ1) is 17.2. The Hall–Kier alpha value is -3.25. The molecule has 4 aromatic rings. The van der Waals surface area contributed by atoms with Crippen LogP contribution in [0.1, 0.15) is 0 Å². The molecule has 136 valence electrons. The highest BCUT2D eigenvalue weighted by Crippen LogP contribution is 2.44. The fraction of sp³-hybridized carbons (Fsp3) is 0.0952. The zero-order chi connectivity index (χ0) is 19.0. The first-order chi connectivity index (χ1) is 13.1. The molecule has 0 saturated carbocycles. The van der Waals surface area contributed by atoms with Gasteiger partial charge in [0.2, 0.25) is 0 Å². The average Bonchev–Trinajstić information content (AvgIpc) is 3.12. The highest BCUT2D eigenvalue weighted by molar-refractivity contribution is 7.17. The van der Waals surface area contributed by atoms with Crippen LogP contribution in [0.3, 0.4) is 0 Å². The van der Waals surface area contributed by atoms with Crippen molar-refractivity contribution < 1.29 is 14.6 Å². The number of fused-ring (bicyclic) bond motifs is 1. The molecule has 0 aliphatic rings. The summed E-state index contributed by atoms with van der Waals surface area (Å²) < 4.78 is 10.8. The molecule has 2 heterocycles. The van der Waals surface area contributed by atoms with Crippen molar-refractivity contribution in [3.63, 3.8) is 0 Å². The lowest BCUT2D eigenvalue weighted by Crippen LogP contribution is -2.08. The largest absolute Gasteiger partial charge is 0.506 e. The lowest BCUT2D eigenvalue weighted by molar-refractivity contribution is 0.395. The van der Waals surface area contributed by atoms with E-state index >= 15 is 0 Å². The lowest BCUT2D eigenvalue weighted by Gasteiger charge is -2.11. The number of methoxy groups -OCH3 is 2. The van der Waals surface area contributed by atoms with E-state index in [4.69, 9.17) is 9.47 Å². The number of aromatic hydroxyl groups is 1. The number of H-pyrrole nitrogens is 1. The molecule has 0 spiro atoms. The third kappa shape index (κ3) is 2.84. The second-order valence-corrected chi connectivity index (χ2v) is 6.84. The highest BCUT2D eigenvalue weighted by Gasteiger charge is 2.20. The molecule has 0 aliphatic carbocycles. The molecule has 0 bridgehead atoms. The first-order valence-electron chi connectivity index (χ1n) is 8.28. The van der Waals surface area contributed by atoms with Gasteiger partial charge in [0.15, 0.2) is 0 Å². The topological polar surface area (TPSA) is 71.6 Å². The number of rotatable bonds is 4. The van der Waals surface area contributed by atoms with Crippen molar-refractivity contribution in [3.8, 4) is 39.5 Å². The lowest BCUT2D eigenvalue weighted by atomic mass is 10.00. The van der Waals surface area contributed by atoms with Gasteiger partial charge in [0, 0.05) is 22.6 Å².